The van der Waals surface area contributed by atoms with E-state index >= 15 is 0 Å². The molecule has 0 aliphatic carbocycles. The van der Waals surface area contributed by atoms with Gasteiger partial charge in [0.2, 0.25) is 0 Å². The second kappa shape index (κ2) is 7.88. The van der Waals surface area contributed by atoms with E-state index in [0.29, 0.717) is 0 Å². The summed E-state index contributed by atoms with van der Waals surface area (Å²) in [5.41, 5.74) is 9.65. The molecule has 0 fully saturated rings. The lowest BCUT2D eigenvalue weighted by Crippen LogP contribution is -1.97. The largest absolute Gasteiger partial charge is 0.308 e. The smallest absolute Gasteiger partial charge is 0.110 e. The van der Waals surface area contributed by atoms with Gasteiger partial charge in [0.05, 0.1) is 33.1 Å². The van der Waals surface area contributed by atoms with E-state index in [1.165, 1.54) is 0 Å². The number of fused-ring (bicyclic) bond motifs is 6. The summed E-state index contributed by atoms with van der Waals surface area (Å²) in [6.45, 7) is 2.01. The monoisotopic (exact) mass is 490 g/mol. The molecule has 0 amide bonds. The van der Waals surface area contributed by atoms with Crippen LogP contribution in [0.1, 0.15) is 5.82 Å². The zero-order chi connectivity index (χ0) is 25.2. The fourth-order valence-electron chi connectivity index (χ4n) is 5.72. The quantitative estimate of drug-likeness (QED) is 0.264. The van der Waals surface area contributed by atoms with Crippen molar-refractivity contribution in [1.82, 2.24) is 28.7 Å². The van der Waals surface area contributed by atoms with Crippen LogP contribution in [-0.2, 0) is 0 Å². The van der Waals surface area contributed by atoms with Crippen LogP contribution in [-0.4, -0.2) is 28.7 Å². The van der Waals surface area contributed by atoms with Crippen molar-refractivity contribution < 1.29 is 0 Å². The highest BCUT2D eigenvalue weighted by Gasteiger charge is 2.18. The molecule has 0 atom stereocenters. The number of aryl methyl sites for hydroxylation is 1. The van der Waals surface area contributed by atoms with Gasteiger partial charge in [-0.15, -0.1) is 0 Å². The Labute approximate surface area is 218 Å². The van der Waals surface area contributed by atoms with Crippen molar-refractivity contribution in [1.29, 1.82) is 0 Å². The lowest BCUT2D eigenvalue weighted by Gasteiger charge is -2.10. The molecule has 8 aromatic rings. The Bertz CT molecular complexity index is 2150. The van der Waals surface area contributed by atoms with E-state index in [-0.39, 0.29) is 0 Å². The van der Waals surface area contributed by atoms with E-state index in [1.54, 1.807) is 0 Å². The minimum atomic E-state index is 0.953. The zero-order valence-electron chi connectivity index (χ0n) is 20.7. The SMILES string of the molecule is Cc1nccn1-c1ccc2c(c1)c1ncccc1n2-c1ccc2c(c1)c1ncccc1n2-c1ccccc1. The van der Waals surface area contributed by atoms with Crippen molar-refractivity contribution in [3.63, 3.8) is 0 Å². The van der Waals surface area contributed by atoms with E-state index in [0.717, 1.165) is 66.8 Å². The first-order valence-corrected chi connectivity index (χ1v) is 12.6. The van der Waals surface area contributed by atoms with Gasteiger partial charge in [-0.05, 0) is 79.7 Å². The van der Waals surface area contributed by atoms with E-state index in [2.05, 4.69) is 91.5 Å². The average Bonchev–Trinajstić information content (AvgIpc) is 3.64. The fourth-order valence-corrected chi connectivity index (χ4v) is 5.72. The minimum Gasteiger partial charge on any atom is -0.308 e. The molecular formula is C32H22N6. The predicted octanol–water partition coefficient (Wildman–Crippen LogP) is 7.16. The average molecular weight is 491 g/mol. The summed E-state index contributed by atoms with van der Waals surface area (Å²) in [6.07, 6.45) is 7.55. The second-order valence-electron chi connectivity index (χ2n) is 9.50. The molecule has 5 aromatic heterocycles. The molecule has 38 heavy (non-hydrogen) atoms. The van der Waals surface area contributed by atoms with Crippen LogP contribution in [0.4, 0.5) is 0 Å². The lowest BCUT2D eigenvalue weighted by molar-refractivity contribution is 0.976. The molecule has 0 N–H and O–H groups in total. The number of benzene rings is 3. The molecule has 3 aromatic carbocycles. The van der Waals surface area contributed by atoms with Crippen LogP contribution in [0.2, 0.25) is 0 Å². The van der Waals surface area contributed by atoms with E-state index in [4.69, 9.17) is 9.97 Å². The molecule has 0 unspecified atom stereocenters. The maximum absolute atomic E-state index is 4.80. The standard InChI is InChI=1S/C32H22N6/c1-21-33-17-18-36(21)23-11-13-28-25(19-23)31-30(10-6-16-34-31)38(28)24-12-14-27-26(20-24)32-29(9-5-15-35-32)37(27)22-7-3-2-4-8-22/h2-20H,1H3. The van der Waals surface area contributed by atoms with Gasteiger partial charge in [0.1, 0.15) is 5.82 Å². The van der Waals surface area contributed by atoms with Gasteiger partial charge in [-0.25, -0.2) is 4.98 Å². The molecule has 0 aliphatic rings. The summed E-state index contributed by atoms with van der Waals surface area (Å²) >= 11 is 0. The molecule has 0 saturated carbocycles. The summed E-state index contributed by atoms with van der Waals surface area (Å²) in [7, 11) is 0. The van der Waals surface area contributed by atoms with Crippen LogP contribution in [0.5, 0.6) is 0 Å². The van der Waals surface area contributed by atoms with Crippen LogP contribution in [0.3, 0.4) is 0 Å². The van der Waals surface area contributed by atoms with Crippen molar-refractivity contribution in [2.45, 2.75) is 6.92 Å². The molecule has 0 saturated heterocycles. The number of pyridine rings is 2. The molecule has 8 rings (SSSR count). The molecule has 0 radical (unpaired) electrons. The first kappa shape index (κ1) is 20.9. The number of para-hydroxylation sites is 1. The van der Waals surface area contributed by atoms with Crippen molar-refractivity contribution in [3.8, 4) is 17.1 Å². The highest BCUT2D eigenvalue weighted by Crippen LogP contribution is 2.36. The van der Waals surface area contributed by atoms with Crippen LogP contribution in [0.25, 0.3) is 60.9 Å². The number of imidazole rings is 1. The molecule has 0 spiro atoms. The maximum atomic E-state index is 4.80. The summed E-state index contributed by atoms with van der Waals surface area (Å²) in [4.78, 5) is 14.0. The lowest BCUT2D eigenvalue weighted by atomic mass is 10.2. The minimum absolute atomic E-state index is 0.953. The van der Waals surface area contributed by atoms with Gasteiger partial charge in [0.25, 0.3) is 0 Å². The Morgan fingerprint density at radius 3 is 1.74 bits per heavy atom. The Kier molecular flexibility index (Phi) is 4.34. The van der Waals surface area contributed by atoms with E-state index < -0.39 is 0 Å². The van der Waals surface area contributed by atoms with Gasteiger partial charge in [0.15, 0.2) is 0 Å². The third-order valence-electron chi connectivity index (χ3n) is 7.38. The number of hydrogen-bond acceptors (Lipinski definition) is 3. The van der Waals surface area contributed by atoms with Gasteiger partial charge >= 0.3 is 0 Å². The molecule has 0 bridgehead atoms. The number of hydrogen-bond donors (Lipinski definition) is 0. The predicted molar refractivity (Wildman–Crippen MR) is 153 cm³/mol. The molecule has 6 heteroatoms. The van der Waals surface area contributed by atoms with E-state index in [9.17, 15) is 0 Å². The van der Waals surface area contributed by atoms with Crippen LogP contribution >= 0.6 is 0 Å². The van der Waals surface area contributed by atoms with Crippen molar-refractivity contribution in [2.75, 3.05) is 0 Å². The highest BCUT2D eigenvalue weighted by molar-refractivity contribution is 6.10. The van der Waals surface area contributed by atoms with Gasteiger partial charge in [0, 0.05) is 52.6 Å². The van der Waals surface area contributed by atoms with Gasteiger partial charge in [-0.2, -0.15) is 0 Å². The summed E-state index contributed by atoms with van der Waals surface area (Å²) in [5, 5.41) is 2.22. The van der Waals surface area contributed by atoms with Crippen molar-refractivity contribution >= 4 is 43.9 Å². The van der Waals surface area contributed by atoms with Crippen molar-refractivity contribution in [3.05, 3.63) is 122 Å². The van der Waals surface area contributed by atoms with E-state index in [1.807, 2.05) is 49.9 Å². The number of rotatable bonds is 3. The van der Waals surface area contributed by atoms with Crippen LogP contribution in [0, 0.1) is 6.92 Å². The summed E-state index contributed by atoms with van der Waals surface area (Å²) in [5.74, 6) is 0.953. The molecule has 6 nitrogen and oxygen atoms in total. The number of aromatic nitrogens is 6. The van der Waals surface area contributed by atoms with Gasteiger partial charge in [-0.1, -0.05) is 18.2 Å². The molecule has 180 valence electrons. The van der Waals surface area contributed by atoms with Gasteiger partial charge in [-0.3, -0.25) is 9.97 Å². The summed E-state index contributed by atoms with van der Waals surface area (Å²) in [6, 6.07) is 31.9. The fraction of sp³-hybridized carbons (Fsp3) is 0.0312. The Morgan fingerprint density at radius 1 is 0.500 bits per heavy atom. The molecular weight excluding hydrogens is 468 g/mol. The Balaban J connectivity index is 1.42. The number of nitrogens with zero attached hydrogens (tertiary/aromatic N) is 6. The third kappa shape index (κ3) is 2.91. The molecule has 5 heterocycles. The second-order valence-corrected chi connectivity index (χ2v) is 9.50. The maximum Gasteiger partial charge on any atom is 0.110 e. The van der Waals surface area contributed by atoms with Crippen molar-refractivity contribution in [2.24, 2.45) is 0 Å². The topological polar surface area (TPSA) is 53.5 Å². The molecule has 0 aliphatic heterocycles. The Morgan fingerprint density at radius 2 is 1.11 bits per heavy atom. The highest BCUT2D eigenvalue weighted by atomic mass is 15.1. The normalized spacial score (nSPS) is 11.8. The van der Waals surface area contributed by atoms with Gasteiger partial charge < -0.3 is 13.7 Å². The third-order valence-corrected chi connectivity index (χ3v) is 7.38. The Hall–Kier alpha value is -5.23. The first-order chi connectivity index (χ1) is 18.8. The first-order valence-electron chi connectivity index (χ1n) is 12.6. The zero-order valence-corrected chi connectivity index (χ0v) is 20.7. The summed E-state index contributed by atoms with van der Waals surface area (Å²) < 4.78 is 6.69. The van der Waals surface area contributed by atoms with Crippen LogP contribution < -0.4 is 0 Å². The van der Waals surface area contributed by atoms with Crippen LogP contribution in [0.15, 0.2) is 116 Å².